The molecule has 0 heterocycles. The number of carbonyl (C=O) groups excluding carboxylic acids is 1. The number of hydrogen-bond donors (Lipinski definition) is 2. The quantitative estimate of drug-likeness (QED) is 0.776. The van der Waals surface area contributed by atoms with E-state index >= 15 is 0 Å². The van der Waals surface area contributed by atoms with Gasteiger partial charge in [0.15, 0.2) is 0 Å². The Kier molecular flexibility index (Phi) is 5.90. The van der Waals surface area contributed by atoms with E-state index in [-0.39, 0.29) is 35.9 Å². The Labute approximate surface area is 154 Å². The molecule has 0 aliphatic heterocycles. The molecular formula is C19H24N2O4S. The zero-order valence-electron chi connectivity index (χ0n) is 14.8. The van der Waals surface area contributed by atoms with Gasteiger partial charge in [-0.15, -0.1) is 0 Å². The molecule has 0 spiro atoms. The number of nitrogens with one attached hydrogen (secondary N) is 2. The van der Waals surface area contributed by atoms with Crippen molar-refractivity contribution in [3.63, 3.8) is 0 Å². The Morgan fingerprint density at radius 3 is 2.69 bits per heavy atom. The van der Waals surface area contributed by atoms with Crippen molar-refractivity contribution in [1.29, 1.82) is 0 Å². The Morgan fingerprint density at radius 1 is 1.15 bits per heavy atom. The summed E-state index contributed by atoms with van der Waals surface area (Å²) in [6.07, 6.45) is 3.01. The molecule has 3 rings (SSSR count). The van der Waals surface area contributed by atoms with Gasteiger partial charge in [0.1, 0.15) is 0 Å². The molecule has 2 aromatic carbocycles. The molecule has 2 N–H and O–H groups in total. The molecule has 1 aliphatic rings. The predicted molar refractivity (Wildman–Crippen MR) is 100 cm³/mol. The molecule has 2 aromatic rings. The first-order chi connectivity index (χ1) is 12.5. The smallest absolute Gasteiger partial charge is 0.240 e. The molecule has 26 heavy (non-hydrogen) atoms. The van der Waals surface area contributed by atoms with Gasteiger partial charge < -0.3 is 10.1 Å². The van der Waals surface area contributed by atoms with Gasteiger partial charge >= 0.3 is 0 Å². The molecule has 0 aromatic heterocycles. The zero-order valence-corrected chi connectivity index (χ0v) is 15.6. The Morgan fingerprint density at radius 2 is 1.92 bits per heavy atom. The van der Waals surface area contributed by atoms with Crippen LogP contribution in [-0.4, -0.2) is 40.1 Å². The highest BCUT2D eigenvalue weighted by atomic mass is 32.2. The third-order valence-corrected chi connectivity index (χ3v) is 6.24. The number of fused-ring (bicyclic) bond motifs is 1. The molecule has 1 fully saturated rings. The van der Waals surface area contributed by atoms with Crippen LogP contribution in [0.25, 0.3) is 10.8 Å². The van der Waals surface area contributed by atoms with E-state index in [0.29, 0.717) is 0 Å². The molecule has 0 unspecified atom stereocenters. The highest BCUT2D eigenvalue weighted by Crippen LogP contribution is 2.21. The lowest BCUT2D eigenvalue weighted by molar-refractivity contribution is -0.122. The lowest BCUT2D eigenvalue weighted by Gasteiger charge is -2.19. The minimum atomic E-state index is -3.64. The standard InChI is InChI=1S/C19H24N2O4S/c1-25-18-8-4-7-17(18)21-19(22)11-12-20-26(23,24)16-10-9-14-5-2-3-6-15(14)13-16/h2-3,5-6,9-10,13,17-18,20H,4,7-8,11-12H2,1H3,(H,21,22)/t17-,18+/m1/s1. The molecule has 0 saturated heterocycles. The van der Waals surface area contributed by atoms with Gasteiger partial charge in [0.2, 0.25) is 15.9 Å². The zero-order chi connectivity index (χ0) is 18.6. The van der Waals surface area contributed by atoms with E-state index in [1.165, 1.54) is 0 Å². The van der Waals surface area contributed by atoms with Crippen LogP contribution in [0.15, 0.2) is 47.4 Å². The summed E-state index contributed by atoms with van der Waals surface area (Å²) in [5.41, 5.74) is 0. The van der Waals surface area contributed by atoms with Crippen molar-refractivity contribution in [2.75, 3.05) is 13.7 Å². The van der Waals surface area contributed by atoms with E-state index in [1.54, 1.807) is 25.3 Å². The second-order valence-corrected chi connectivity index (χ2v) is 8.30. The Bertz CT molecular complexity index is 882. The van der Waals surface area contributed by atoms with Gasteiger partial charge in [0, 0.05) is 20.1 Å². The normalized spacial score (nSPS) is 20.3. The van der Waals surface area contributed by atoms with Crippen molar-refractivity contribution in [2.45, 2.75) is 42.7 Å². The number of ether oxygens (including phenoxy) is 1. The third-order valence-electron chi connectivity index (χ3n) is 4.78. The first-order valence-corrected chi connectivity index (χ1v) is 10.3. The fourth-order valence-electron chi connectivity index (χ4n) is 3.37. The minimum absolute atomic E-state index is 0.0181. The largest absolute Gasteiger partial charge is 0.379 e. The molecule has 7 heteroatoms. The van der Waals surface area contributed by atoms with Crippen LogP contribution in [0.2, 0.25) is 0 Å². The summed E-state index contributed by atoms with van der Waals surface area (Å²) in [6, 6.07) is 12.6. The summed E-state index contributed by atoms with van der Waals surface area (Å²) >= 11 is 0. The van der Waals surface area contributed by atoms with E-state index in [9.17, 15) is 13.2 Å². The minimum Gasteiger partial charge on any atom is -0.379 e. The summed E-state index contributed by atoms with van der Waals surface area (Å²) in [6.45, 7) is 0.0609. The fourth-order valence-corrected chi connectivity index (χ4v) is 4.44. The van der Waals surface area contributed by atoms with Gasteiger partial charge in [-0.2, -0.15) is 0 Å². The number of methoxy groups -OCH3 is 1. The van der Waals surface area contributed by atoms with Gasteiger partial charge in [0.25, 0.3) is 0 Å². The molecule has 6 nitrogen and oxygen atoms in total. The second kappa shape index (κ2) is 8.16. The topological polar surface area (TPSA) is 84.5 Å². The molecule has 0 radical (unpaired) electrons. The summed E-state index contributed by atoms with van der Waals surface area (Å²) in [7, 11) is -2.00. The average molecular weight is 376 g/mol. The average Bonchev–Trinajstić information content (AvgIpc) is 3.08. The fraction of sp³-hybridized carbons (Fsp3) is 0.421. The van der Waals surface area contributed by atoms with Crippen molar-refractivity contribution in [2.24, 2.45) is 0 Å². The second-order valence-electron chi connectivity index (χ2n) is 6.54. The number of benzene rings is 2. The maximum absolute atomic E-state index is 12.4. The molecule has 0 bridgehead atoms. The van der Waals surface area contributed by atoms with Gasteiger partial charge in [0.05, 0.1) is 17.0 Å². The molecule has 2 atom stereocenters. The van der Waals surface area contributed by atoms with Crippen LogP contribution in [0.3, 0.4) is 0 Å². The summed E-state index contributed by atoms with van der Waals surface area (Å²) in [5, 5.41) is 4.77. The Balaban J connectivity index is 1.55. The maximum atomic E-state index is 12.4. The van der Waals surface area contributed by atoms with Crippen LogP contribution in [0.5, 0.6) is 0 Å². The summed E-state index contributed by atoms with van der Waals surface area (Å²) in [5.74, 6) is -0.167. The number of carbonyl (C=O) groups is 1. The van der Waals surface area contributed by atoms with Crippen LogP contribution in [0.1, 0.15) is 25.7 Å². The first-order valence-electron chi connectivity index (χ1n) is 8.80. The SMILES string of the molecule is CO[C@H]1CCC[C@H]1NC(=O)CCNS(=O)(=O)c1ccc2ccccc2c1. The van der Waals surface area contributed by atoms with E-state index in [4.69, 9.17) is 4.74 Å². The van der Waals surface area contributed by atoms with E-state index < -0.39 is 10.0 Å². The molecule has 1 aliphatic carbocycles. The predicted octanol–water partition coefficient (Wildman–Crippen LogP) is 2.19. The lowest BCUT2D eigenvalue weighted by Crippen LogP contribution is -2.41. The van der Waals surface area contributed by atoms with E-state index in [2.05, 4.69) is 10.0 Å². The Hall–Kier alpha value is -1.96. The lowest BCUT2D eigenvalue weighted by atomic mass is 10.1. The van der Waals surface area contributed by atoms with Crippen LogP contribution in [0, 0.1) is 0 Å². The highest BCUT2D eigenvalue weighted by Gasteiger charge is 2.28. The number of rotatable bonds is 7. The van der Waals surface area contributed by atoms with Crippen molar-refractivity contribution in [3.8, 4) is 0 Å². The maximum Gasteiger partial charge on any atom is 0.240 e. The van der Waals surface area contributed by atoms with Gasteiger partial charge in [-0.1, -0.05) is 30.3 Å². The highest BCUT2D eigenvalue weighted by molar-refractivity contribution is 7.89. The summed E-state index contributed by atoms with van der Waals surface area (Å²) < 4.78 is 32.7. The van der Waals surface area contributed by atoms with Gasteiger partial charge in [-0.3, -0.25) is 4.79 Å². The van der Waals surface area contributed by atoms with Crippen LogP contribution in [-0.2, 0) is 19.6 Å². The van der Waals surface area contributed by atoms with Crippen LogP contribution in [0.4, 0.5) is 0 Å². The van der Waals surface area contributed by atoms with Crippen molar-refractivity contribution >= 4 is 26.7 Å². The van der Waals surface area contributed by atoms with Crippen LogP contribution >= 0.6 is 0 Å². The van der Waals surface area contributed by atoms with Gasteiger partial charge in [-0.25, -0.2) is 13.1 Å². The monoisotopic (exact) mass is 376 g/mol. The van der Waals surface area contributed by atoms with E-state index in [1.807, 2.05) is 24.3 Å². The molecule has 1 amide bonds. The first kappa shape index (κ1) is 18.8. The van der Waals surface area contributed by atoms with Gasteiger partial charge in [-0.05, 0) is 42.2 Å². The number of hydrogen-bond acceptors (Lipinski definition) is 4. The number of amides is 1. The third kappa shape index (κ3) is 4.41. The molecular weight excluding hydrogens is 352 g/mol. The molecule has 140 valence electrons. The van der Waals surface area contributed by atoms with Crippen LogP contribution < -0.4 is 10.0 Å². The van der Waals surface area contributed by atoms with Crippen molar-refractivity contribution in [3.05, 3.63) is 42.5 Å². The van der Waals surface area contributed by atoms with E-state index in [0.717, 1.165) is 30.0 Å². The summed E-state index contributed by atoms with van der Waals surface area (Å²) in [4.78, 5) is 12.3. The number of sulfonamides is 1. The van der Waals surface area contributed by atoms with Crippen molar-refractivity contribution in [1.82, 2.24) is 10.0 Å². The van der Waals surface area contributed by atoms with Crippen molar-refractivity contribution < 1.29 is 17.9 Å². The molecule has 1 saturated carbocycles.